The summed E-state index contributed by atoms with van der Waals surface area (Å²) >= 11 is 0. The van der Waals surface area contributed by atoms with Crippen molar-refractivity contribution < 1.29 is 0 Å². The third-order valence-electron chi connectivity index (χ3n) is 3.28. The van der Waals surface area contributed by atoms with Crippen molar-refractivity contribution in [3.63, 3.8) is 0 Å². The number of hydrogen-bond donors (Lipinski definition) is 1. The first-order valence-corrected chi connectivity index (χ1v) is 5.33. The zero-order valence-electron chi connectivity index (χ0n) is 7.76. The second kappa shape index (κ2) is 3.97. The van der Waals surface area contributed by atoms with Gasteiger partial charge in [0, 0.05) is 6.54 Å². The Morgan fingerprint density at radius 1 is 1.08 bits per heavy atom. The van der Waals surface area contributed by atoms with Crippen molar-refractivity contribution in [3.8, 4) is 0 Å². The topological polar surface area (TPSA) is 12.0 Å². The van der Waals surface area contributed by atoms with E-state index < -0.39 is 0 Å². The van der Waals surface area contributed by atoms with Crippen LogP contribution in [0.15, 0.2) is 12.3 Å². The van der Waals surface area contributed by atoms with Gasteiger partial charge in [-0.05, 0) is 43.7 Å². The molecule has 0 amide bonds. The molecule has 1 saturated carbocycles. The predicted molar refractivity (Wildman–Crippen MR) is 51.8 cm³/mol. The fraction of sp³-hybridized carbons (Fsp3) is 0.818. The van der Waals surface area contributed by atoms with Crippen LogP contribution in [-0.2, 0) is 0 Å². The highest BCUT2D eigenvalue weighted by molar-refractivity contribution is 4.86. The van der Waals surface area contributed by atoms with Gasteiger partial charge in [-0.2, -0.15) is 0 Å². The highest BCUT2D eigenvalue weighted by Crippen LogP contribution is 2.32. The maximum Gasteiger partial charge on any atom is 0.0169 e. The van der Waals surface area contributed by atoms with Crippen molar-refractivity contribution in [3.05, 3.63) is 12.3 Å². The van der Waals surface area contributed by atoms with Crippen LogP contribution in [-0.4, -0.2) is 6.54 Å². The monoisotopic (exact) mass is 165 g/mol. The minimum atomic E-state index is 0.964. The van der Waals surface area contributed by atoms with Crippen LogP contribution < -0.4 is 5.32 Å². The molecule has 0 spiro atoms. The molecule has 2 aliphatic rings. The highest BCUT2D eigenvalue weighted by atomic mass is 14.8. The lowest BCUT2D eigenvalue weighted by molar-refractivity contribution is 0.257. The molecule has 1 aliphatic heterocycles. The molecule has 1 heterocycles. The lowest BCUT2D eigenvalue weighted by Gasteiger charge is -2.28. The number of nitrogens with one attached hydrogen (secondary N) is 1. The van der Waals surface area contributed by atoms with E-state index in [9.17, 15) is 0 Å². The summed E-state index contributed by atoms with van der Waals surface area (Å²) < 4.78 is 0. The van der Waals surface area contributed by atoms with Crippen molar-refractivity contribution in [1.29, 1.82) is 0 Å². The molecule has 1 fully saturated rings. The van der Waals surface area contributed by atoms with E-state index in [1.165, 1.54) is 45.1 Å². The molecule has 0 aromatic rings. The summed E-state index contributed by atoms with van der Waals surface area (Å²) in [6.07, 6.45) is 13.0. The predicted octanol–water partition coefficient (Wildman–Crippen LogP) is 2.69. The third-order valence-corrected chi connectivity index (χ3v) is 3.28. The average Bonchev–Trinajstić information content (AvgIpc) is 2.17. The van der Waals surface area contributed by atoms with Crippen LogP contribution >= 0.6 is 0 Å². The molecular weight excluding hydrogens is 146 g/mol. The fourth-order valence-electron chi connectivity index (χ4n) is 2.58. The summed E-state index contributed by atoms with van der Waals surface area (Å²) in [6, 6.07) is 0. The van der Waals surface area contributed by atoms with Crippen LogP contribution in [0.2, 0.25) is 0 Å². The maximum atomic E-state index is 3.40. The van der Waals surface area contributed by atoms with Crippen LogP contribution in [0, 0.1) is 11.8 Å². The molecular formula is C11H19N. The molecule has 12 heavy (non-hydrogen) atoms. The molecule has 1 aliphatic carbocycles. The molecule has 2 bridgehead atoms. The zero-order chi connectivity index (χ0) is 8.23. The first kappa shape index (κ1) is 8.15. The van der Waals surface area contributed by atoms with Gasteiger partial charge >= 0.3 is 0 Å². The van der Waals surface area contributed by atoms with Crippen LogP contribution in [0.5, 0.6) is 0 Å². The van der Waals surface area contributed by atoms with Gasteiger partial charge in [-0.3, -0.25) is 0 Å². The second-order valence-electron chi connectivity index (χ2n) is 4.29. The van der Waals surface area contributed by atoms with E-state index in [0.29, 0.717) is 0 Å². The van der Waals surface area contributed by atoms with Gasteiger partial charge in [-0.15, -0.1) is 0 Å². The molecule has 1 nitrogen and oxygen atoms in total. The lowest BCUT2D eigenvalue weighted by atomic mass is 9.79. The normalized spacial score (nSPS) is 38.7. The van der Waals surface area contributed by atoms with Gasteiger partial charge in [0.15, 0.2) is 0 Å². The Balaban J connectivity index is 1.94. The molecule has 1 heteroatoms. The van der Waals surface area contributed by atoms with Gasteiger partial charge in [0.05, 0.1) is 0 Å². The van der Waals surface area contributed by atoms with E-state index in [4.69, 9.17) is 0 Å². The first-order valence-electron chi connectivity index (χ1n) is 5.33. The maximum absolute atomic E-state index is 3.40. The zero-order valence-corrected chi connectivity index (χ0v) is 7.76. The lowest BCUT2D eigenvalue weighted by Crippen LogP contribution is -2.23. The summed E-state index contributed by atoms with van der Waals surface area (Å²) in [5.74, 6) is 2.00. The van der Waals surface area contributed by atoms with Gasteiger partial charge in [0.1, 0.15) is 0 Å². The quantitative estimate of drug-likeness (QED) is 0.582. The van der Waals surface area contributed by atoms with Gasteiger partial charge < -0.3 is 5.32 Å². The molecule has 0 radical (unpaired) electrons. The summed E-state index contributed by atoms with van der Waals surface area (Å²) in [5, 5.41) is 3.40. The minimum absolute atomic E-state index is 0.964. The van der Waals surface area contributed by atoms with E-state index >= 15 is 0 Å². The number of allylic oxidation sites excluding steroid dienone is 1. The average molecular weight is 165 g/mol. The van der Waals surface area contributed by atoms with Crippen LogP contribution in [0.25, 0.3) is 0 Å². The standard InChI is InChI=1S/C11H19N/c1-2-7-12-9-11-6-3-5-10(4-1)8-11/h2,7,10-12H,1,3-6,8-9H2/b7-2-. The molecule has 2 atom stereocenters. The molecule has 2 unspecified atom stereocenters. The summed E-state index contributed by atoms with van der Waals surface area (Å²) in [4.78, 5) is 0. The number of rotatable bonds is 0. The van der Waals surface area contributed by atoms with Gasteiger partial charge in [0.25, 0.3) is 0 Å². The minimum Gasteiger partial charge on any atom is -0.391 e. The highest BCUT2D eigenvalue weighted by Gasteiger charge is 2.21. The number of fused-ring (bicyclic) bond motifs is 2. The Bertz CT molecular complexity index is 146. The Labute approximate surface area is 75.2 Å². The molecule has 0 aromatic carbocycles. The summed E-state index contributed by atoms with van der Waals surface area (Å²) in [5.41, 5.74) is 0. The second-order valence-corrected chi connectivity index (χ2v) is 4.29. The molecule has 0 aromatic heterocycles. The van der Waals surface area contributed by atoms with Crippen LogP contribution in [0.1, 0.15) is 38.5 Å². The Kier molecular flexibility index (Phi) is 2.70. The van der Waals surface area contributed by atoms with Crippen molar-refractivity contribution >= 4 is 0 Å². The van der Waals surface area contributed by atoms with Crippen LogP contribution in [0.3, 0.4) is 0 Å². The molecule has 1 N–H and O–H groups in total. The van der Waals surface area contributed by atoms with Gasteiger partial charge in [-0.25, -0.2) is 0 Å². The largest absolute Gasteiger partial charge is 0.391 e. The van der Waals surface area contributed by atoms with Crippen molar-refractivity contribution in [2.45, 2.75) is 38.5 Å². The molecule has 2 rings (SSSR count). The van der Waals surface area contributed by atoms with Crippen molar-refractivity contribution in [2.75, 3.05) is 6.54 Å². The summed E-state index contributed by atoms with van der Waals surface area (Å²) in [6.45, 7) is 1.22. The van der Waals surface area contributed by atoms with Crippen molar-refractivity contribution in [2.24, 2.45) is 11.8 Å². The fourth-order valence-corrected chi connectivity index (χ4v) is 2.58. The Morgan fingerprint density at radius 2 is 2.00 bits per heavy atom. The Morgan fingerprint density at radius 3 is 3.00 bits per heavy atom. The van der Waals surface area contributed by atoms with E-state index in [-0.39, 0.29) is 0 Å². The van der Waals surface area contributed by atoms with E-state index in [1.807, 2.05) is 0 Å². The first-order chi connectivity index (χ1) is 5.95. The SMILES string of the molecule is C1=C\NCC2CCCC(CC/1)C2. The van der Waals surface area contributed by atoms with Gasteiger partial charge in [-0.1, -0.05) is 18.9 Å². The van der Waals surface area contributed by atoms with E-state index in [0.717, 1.165) is 11.8 Å². The third kappa shape index (κ3) is 2.02. The molecule has 0 saturated heterocycles. The summed E-state index contributed by atoms with van der Waals surface area (Å²) in [7, 11) is 0. The Hall–Kier alpha value is -0.460. The molecule has 68 valence electrons. The smallest absolute Gasteiger partial charge is 0.0169 e. The van der Waals surface area contributed by atoms with E-state index in [2.05, 4.69) is 17.6 Å². The van der Waals surface area contributed by atoms with Crippen molar-refractivity contribution in [1.82, 2.24) is 5.32 Å². The number of hydrogen-bond acceptors (Lipinski definition) is 1. The van der Waals surface area contributed by atoms with Crippen LogP contribution in [0.4, 0.5) is 0 Å². The van der Waals surface area contributed by atoms with E-state index in [1.54, 1.807) is 0 Å². The van der Waals surface area contributed by atoms with Gasteiger partial charge in [0.2, 0.25) is 0 Å².